The normalized spacial score (nSPS) is 13.9. The molecule has 0 aliphatic carbocycles. The highest BCUT2D eigenvalue weighted by atomic mass is 32.2. The standard InChI is InChI=1S/C14H17N3O4S/c1-9(18)15-10-3-4-12(21-2)11(5-10)16-13(19)6-17-8-22-7-14(17)20/h3-5H,6-8H2,1-2H3,(H,15,18)(H,16,19). The molecule has 0 bridgehead atoms. The number of amides is 3. The predicted molar refractivity (Wildman–Crippen MR) is 85.0 cm³/mol. The first-order valence-corrected chi connectivity index (χ1v) is 7.76. The summed E-state index contributed by atoms with van der Waals surface area (Å²) in [4.78, 5) is 36.2. The zero-order chi connectivity index (χ0) is 16.1. The molecule has 1 aliphatic heterocycles. The molecular formula is C14H17N3O4S. The van der Waals surface area contributed by atoms with E-state index < -0.39 is 0 Å². The van der Waals surface area contributed by atoms with Crippen molar-refractivity contribution >= 4 is 40.9 Å². The number of carbonyl (C=O) groups is 3. The van der Waals surface area contributed by atoms with E-state index in [4.69, 9.17) is 4.74 Å². The number of nitrogens with one attached hydrogen (secondary N) is 2. The molecule has 0 unspecified atom stereocenters. The number of nitrogens with zero attached hydrogens (tertiary/aromatic N) is 1. The van der Waals surface area contributed by atoms with Gasteiger partial charge in [-0.15, -0.1) is 11.8 Å². The van der Waals surface area contributed by atoms with E-state index in [0.29, 0.717) is 28.8 Å². The maximum Gasteiger partial charge on any atom is 0.244 e. The van der Waals surface area contributed by atoms with Crippen molar-refractivity contribution in [1.82, 2.24) is 4.90 Å². The van der Waals surface area contributed by atoms with Gasteiger partial charge in [-0.2, -0.15) is 0 Å². The molecule has 22 heavy (non-hydrogen) atoms. The van der Waals surface area contributed by atoms with Gasteiger partial charge in [0, 0.05) is 12.6 Å². The van der Waals surface area contributed by atoms with Crippen molar-refractivity contribution in [3.8, 4) is 5.75 Å². The second-order valence-corrected chi connectivity index (χ2v) is 5.67. The Balaban J connectivity index is 2.07. The van der Waals surface area contributed by atoms with Crippen molar-refractivity contribution in [2.45, 2.75) is 6.92 Å². The van der Waals surface area contributed by atoms with Gasteiger partial charge in [0.1, 0.15) is 12.3 Å². The number of thioether (sulfide) groups is 1. The van der Waals surface area contributed by atoms with E-state index in [1.165, 1.54) is 30.7 Å². The van der Waals surface area contributed by atoms with Gasteiger partial charge in [0.25, 0.3) is 0 Å². The molecule has 1 fully saturated rings. The molecule has 7 nitrogen and oxygen atoms in total. The van der Waals surface area contributed by atoms with Crippen LogP contribution in [0.4, 0.5) is 11.4 Å². The lowest BCUT2D eigenvalue weighted by Crippen LogP contribution is -2.34. The van der Waals surface area contributed by atoms with E-state index in [1.54, 1.807) is 18.2 Å². The number of benzene rings is 1. The molecule has 0 atom stereocenters. The SMILES string of the molecule is COc1ccc(NC(C)=O)cc1NC(=O)CN1CSCC1=O. The van der Waals surface area contributed by atoms with Crippen LogP contribution in [0.15, 0.2) is 18.2 Å². The van der Waals surface area contributed by atoms with Gasteiger partial charge in [-0.1, -0.05) is 0 Å². The fourth-order valence-electron chi connectivity index (χ4n) is 1.99. The minimum atomic E-state index is -0.311. The lowest BCUT2D eigenvalue weighted by Gasteiger charge is -2.16. The minimum absolute atomic E-state index is 0.000643. The Morgan fingerprint density at radius 1 is 1.36 bits per heavy atom. The number of hydrogen-bond donors (Lipinski definition) is 2. The maximum absolute atomic E-state index is 12.1. The topological polar surface area (TPSA) is 87.7 Å². The molecule has 1 aromatic carbocycles. The summed E-state index contributed by atoms with van der Waals surface area (Å²) in [6.45, 7) is 1.40. The second-order valence-electron chi connectivity index (χ2n) is 4.71. The largest absolute Gasteiger partial charge is 0.495 e. The number of ether oxygens (including phenoxy) is 1. The first-order chi connectivity index (χ1) is 10.5. The van der Waals surface area contributed by atoms with E-state index in [2.05, 4.69) is 10.6 Å². The van der Waals surface area contributed by atoms with Crippen LogP contribution in [0.25, 0.3) is 0 Å². The lowest BCUT2D eigenvalue weighted by atomic mass is 10.2. The average molecular weight is 323 g/mol. The van der Waals surface area contributed by atoms with E-state index in [0.717, 1.165) is 0 Å². The summed E-state index contributed by atoms with van der Waals surface area (Å²) in [7, 11) is 1.49. The molecule has 1 heterocycles. The molecule has 1 aromatic rings. The van der Waals surface area contributed by atoms with Crippen LogP contribution in [0, 0.1) is 0 Å². The highest BCUT2D eigenvalue weighted by Crippen LogP contribution is 2.28. The monoisotopic (exact) mass is 323 g/mol. The third-order valence-corrected chi connectivity index (χ3v) is 3.90. The van der Waals surface area contributed by atoms with Gasteiger partial charge in [-0.25, -0.2) is 0 Å². The van der Waals surface area contributed by atoms with E-state index >= 15 is 0 Å². The molecular weight excluding hydrogens is 306 g/mol. The summed E-state index contributed by atoms with van der Waals surface area (Å²) >= 11 is 1.48. The average Bonchev–Trinajstić information content (AvgIpc) is 2.84. The Morgan fingerprint density at radius 2 is 2.14 bits per heavy atom. The third kappa shape index (κ3) is 4.14. The summed E-state index contributed by atoms with van der Waals surface area (Å²) in [5, 5.41) is 5.34. The van der Waals surface area contributed by atoms with Crippen LogP contribution in [-0.2, 0) is 14.4 Å². The molecule has 0 radical (unpaired) electrons. The zero-order valence-electron chi connectivity index (χ0n) is 12.3. The predicted octanol–water partition coefficient (Wildman–Crippen LogP) is 1.12. The number of hydrogen-bond acceptors (Lipinski definition) is 5. The van der Waals surface area contributed by atoms with Crippen molar-refractivity contribution in [3.05, 3.63) is 18.2 Å². The van der Waals surface area contributed by atoms with Gasteiger partial charge < -0.3 is 20.3 Å². The van der Waals surface area contributed by atoms with Crippen molar-refractivity contribution in [2.75, 3.05) is 35.9 Å². The Kier molecular flexibility index (Phi) is 5.26. The van der Waals surface area contributed by atoms with Crippen molar-refractivity contribution < 1.29 is 19.1 Å². The molecule has 0 aromatic heterocycles. The van der Waals surface area contributed by atoms with Gasteiger partial charge in [0.2, 0.25) is 17.7 Å². The summed E-state index contributed by atoms with van der Waals surface area (Å²) in [5.74, 6) is 0.851. The number of carbonyl (C=O) groups excluding carboxylic acids is 3. The first-order valence-electron chi connectivity index (χ1n) is 6.60. The van der Waals surface area contributed by atoms with Crippen LogP contribution >= 0.6 is 11.8 Å². The molecule has 2 N–H and O–H groups in total. The Labute approximate surface area is 132 Å². The Hall–Kier alpha value is -2.22. The van der Waals surface area contributed by atoms with Crippen LogP contribution in [0.1, 0.15) is 6.92 Å². The van der Waals surface area contributed by atoms with Crippen molar-refractivity contribution in [2.24, 2.45) is 0 Å². The Morgan fingerprint density at radius 3 is 2.73 bits per heavy atom. The van der Waals surface area contributed by atoms with Crippen molar-refractivity contribution in [1.29, 1.82) is 0 Å². The van der Waals surface area contributed by atoms with Gasteiger partial charge in [-0.05, 0) is 18.2 Å². The number of methoxy groups -OCH3 is 1. The molecule has 2 rings (SSSR count). The maximum atomic E-state index is 12.1. The van der Waals surface area contributed by atoms with E-state index in [-0.39, 0.29) is 24.3 Å². The summed E-state index contributed by atoms with van der Waals surface area (Å²) in [6, 6.07) is 4.94. The summed E-state index contributed by atoms with van der Waals surface area (Å²) in [6.07, 6.45) is 0. The lowest BCUT2D eigenvalue weighted by molar-refractivity contribution is -0.130. The molecule has 1 saturated heterocycles. The third-order valence-electron chi connectivity index (χ3n) is 2.95. The summed E-state index contributed by atoms with van der Waals surface area (Å²) < 4.78 is 5.19. The highest BCUT2D eigenvalue weighted by Gasteiger charge is 2.23. The molecule has 8 heteroatoms. The van der Waals surface area contributed by atoms with Gasteiger partial charge in [0.15, 0.2) is 0 Å². The molecule has 0 saturated carbocycles. The summed E-state index contributed by atoms with van der Waals surface area (Å²) in [5.41, 5.74) is 0.995. The Bertz CT molecular complexity index is 606. The minimum Gasteiger partial charge on any atom is -0.495 e. The van der Waals surface area contributed by atoms with Crippen LogP contribution in [0.2, 0.25) is 0 Å². The molecule has 118 valence electrons. The zero-order valence-corrected chi connectivity index (χ0v) is 13.2. The molecule has 3 amide bonds. The second kappa shape index (κ2) is 7.17. The van der Waals surface area contributed by atoms with Crippen molar-refractivity contribution in [3.63, 3.8) is 0 Å². The number of rotatable bonds is 5. The fraction of sp³-hybridized carbons (Fsp3) is 0.357. The fourth-order valence-corrected chi connectivity index (χ4v) is 2.89. The first kappa shape index (κ1) is 16.2. The number of anilines is 2. The quantitative estimate of drug-likeness (QED) is 0.848. The molecule has 1 aliphatic rings. The highest BCUT2D eigenvalue weighted by molar-refractivity contribution is 8.00. The van der Waals surface area contributed by atoms with Crippen LogP contribution in [0.3, 0.4) is 0 Å². The van der Waals surface area contributed by atoms with Crippen LogP contribution < -0.4 is 15.4 Å². The molecule has 0 spiro atoms. The van der Waals surface area contributed by atoms with E-state index in [9.17, 15) is 14.4 Å². The van der Waals surface area contributed by atoms with Gasteiger partial charge in [0.05, 0.1) is 24.4 Å². The smallest absolute Gasteiger partial charge is 0.244 e. The van der Waals surface area contributed by atoms with Gasteiger partial charge in [-0.3, -0.25) is 14.4 Å². The van der Waals surface area contributed by atoms with Crippen LogP contribution in [-0.4, -0.2) is 47.9 Å². The van der Waals surface area contributed by atoms with E-state index in [1.807, 2.05) is 0 Å². The van der Waals surface area contributed by atoms with Crippen LogP contribution in [0.5, 0.6) is 5.75 Å². The van der Waals surface area contributed by atoms with Gasteiger partial charge >= 0.3 is 0 Å².